The highest BCUT2D eigenvalue weighted by atomic mass is 35.5. The van der Waals surface area contributed by atoms with Crippen molar-refractivity contribution in [3.05, 3.63) is 46.3 Å². The van der Waals surface area contributed by atoms with E-state index in [0.29, 0.717) is 30.7 Å². The molecule has 2 N–H and O–H groups in total. The summed E-state index contributed by atoms with van der Waals surface area (Å²) in [4.78, 5) is 3.84. The van der Waals surface area contributed by atoms with Crippen molar-refractivity contribution < 1.29 is 17.9 Å². The van der Waals surface area contributed by atoms with Crippen molar-refractivity contribution in [1.29, 1.82) is 0 Å². The van der Waals surface area contributed by atoms with Gasteiger partial charge in [-0.25, -0.2) is 17.5 Å². The molecule has 0 amide bonds. The number of aromatic nitrogens is 1. The highest BCUT2D eigenvalue weighted by Gasteiger charge is 2.31. The van der Waals surface area contributed by atoms with Crippen molar-refractivity contribution in [3.8, 4) is 11.3 Å². The molecule has 1 aromatic carbocycles. The van der Waals surface area contributed by atoms with Gasteiger partial charge in [0, 0.05) is 17.8 Å². The van der Waals surface area contributed by atoms with Gasteiger partial charge in [0.15, 0.2) is 0 Å². The number of aliphatic hydroxyl groups is 1. The Morgan fingerprint density at radius 1 is 1.26 bits per heavy atom. The Kier molecular flexibility index (Phi) is 5.80. The smallest absolute Gasteiger partial charge is 0.240 e. The molecule has 27 heavy (non-hydrogen) atoms. The quantitative estimate of drug-likeness (QED) is 0.759. The standard InChI is InChI=1S/C18H19Cl2FN2O3S/c1-18(24)6-4-12(5-7-18)23-27(25,26)13-2-3-14(16(21)9-13)17-15(20)8-11(19)10-22-17/h2-3,8-10,12,23-24H,4-7H2,1H3/t12-,18-. The molecular formula is C18H19Cl2FN2O3S. The van der Waals surface area contributed by atoms with Crippen LogP contribution in [0.3, 0.4) is 0 Å². The van der Waals surface area contributed by atoms with Gasteiger partial charge in [-0.15, -0.1) is 0 Å². The van der Waals surface area contributed by atoms with Crippen LogP contribution in [-0.4, -0.2) is 30.2 Å². The van der Waals surface area contributed by atoms with E-state index in [4.69, 9.17) is 23.2 Å². The lowest BCUT2D eigenvalue weighted by Gasteiger charge is -2.33. The molecule has 1 aliphatic rings. The first-order valence-corrected chi connectivity index (χ1v) is 10.7. The van der Waals surface area contributed by atoms with Crippen LogP contribution in [0.2, 0.25) is 10.0 Å². The molecule has 0 unspecified atom stereocenters. The van der Waals surface area contributed by atoms with E-state index in [9.17, 15) is 17.9 Å². The molecule has 1 aromatic heterocycles. The molecular weight excluding hydrogens is 414 g/mol. The van der Waals surface area contributed by atoms with E-state index in [1.165, 1.54) is 24.4 Å². The van der Waals surface area contributed by atoms with Crippen LogP contribution in [-0.2, 0) is 10.0 Å². The van der Waals surface area contributed by atoms with Crippen LogP contribution in [0, 0.1) is 5.82 Å². The number of rotatable bonds is 4. The molecule has 1 aliphatic carbocycles. The van der Waals surface area contributed by atoms with Crippen molar-refractivity contribution in [2.24, 2.45) is 0 Å². The minimum atomic E-state index is -3.88. The topological polar surface area (TPSA) is 79.3 Å². The molecule has 0 radical (unpaired) electrons. The number of sulfonamides is 1. The molecule has 146 valence electrons. The Morgan fingerprint density at radius 3 is 2.52 bits per heavy atom. The van der Waals surface area contributed by atoms with Gasteiger partial charge in [-0.05, 0) is 56.9 Å². The zero-order valence-corrected chi connectivity index (χ0v) is 16.9. The Morgan fingerprint density at radius 2 is 1.93 bits per heavy atom. The molecule has 0 aliphatic heterocycles. The molecule has 1 saturated carbocycles. The molecule has 0 bridgehead atoms. The minimum absolute atomic E-state index is 0.0873. The number of hydrogen-bond acceptors (Lipinski definition) is 4. The summed E-state index contributed by atoms with van der Waals surface area (Å²) in [6.07, 6.45) is 3.41. The minimum Gasteiger partial charge on any atom is -0.390 e. The van der Waals surface area contributed by atoms with Crippen LogP contribution in [0.15, 0.2) is 35.4 Å². The Balaban J connectivity index is 1.82. The molecule has 2 aromatic rings. The van der Waals surface area contributed by atoms with E-state index in [1.54, 1.807) is 6.92 Å². The van der Waals surface area contributed by atoms with Gasteiger partial charge >= 0.3 is 0 Å². The number of nitrogens with zero attached hydrogens (tertiary/aromatic N) is 1. The van der Waals surface area contributed by atoms with Crippen LogP contribution in [0.25, 0.3) is 11.3 Å². The first-order chi connectivity index (χ1) is 12.6. The van der Waals surface area contributed by atoms with E-state index in [1.807, 2.05) is 0 Å². The van der Waals surface area contributed by atoms with Gasteiger partial charge in [-0.3, -0.25) is 4.98 Å². The Hall–Kier alpha value is -1.25. The maximum Gasteiger partial charge on any atom is 0.240 e. The predicted molar refractivity (Wildman–Crippen MR) is 103 cm³/mol. The molecule has 0 atom stereocenters. The second-order valence-corrected chi connectivity index (χ2v) is 9.58. The first kappa shape index (κ1) is 20.5. The van der Waals surface area contributed by atoms with Crippen molar-refractivity contribution >= 4 is 33.2 Å². The summed E-state index contributed by atoms with van der Waals surface area (Å²) in [6.45, 7) is 1.74. The SMILES string of the molecule is C[C@]1(O)CC[C@H](NS(=O)(=O)c2ccc(-c3ncc(Cl)cc3Cl)c(F)c2)CC1. The maximum atomic E-state index is 14.6. The highest BCUT2D eigenvalue weighted by molar-refractivity contribution is 7.89. The van der Waals surface area contributed by atoms with Crippen LogP contribution < -0.4 is 4.72 Å². The molecule has 1 fully saturated rings. The van der Waals surface area contributed by atoms with Gasteiger partial charge in [0.2, 0.25) is 10.0 Å². The lowest BCUT2D eigenvalue weighted by Crippen LogP contribution is -2.42. The lowest BCUT2D eigenvalue weighted by atomic mass is 9.84. The van der Waals surface area contributed by atoms with E-state index in [0.717, 1.165) is 6.07 Å². The summed E-state index contributed by atoms with van der Waals surface area (Å²) in [5.41, 5.74) is -0.491. The summed E-state index contributed by atoms with van der Waals surface area (Å²) >= 11 is 11.8. The zero-order chi connectivity index (χ0) is 19.8. The van der Waals surface area contributed by atoms with Crippen molar-refractivity contribution in [1.82, 2.24) is 9.71 Å². The fourth-order valence-electron chi connectivity index (χ4n) is 3.11. The van der Waals surface area contributed by atoms with Gasteiger partial charge in [0.25, 0.3) is 0 Å². The zero-order valence-electron chi connectivity index (χ0n) is 14.5. The van der Waals surface area contributed by atoms with Gasteiger partial charge in [0.05, 0.1) is 26.2 Å². The van der Waals surface area contributed by atoms with Crippen molar-refractivity contribution in [2.45, 2.75) is 49.1 Å². The fraction of sp³-hybridized carbons (Fsp3) is 0.389. The Bertz CT molecular complexity index is 957. The fourth-order valence-corrected chi connectivity index (χ4v) is 4.91. The molecule has 5 nitrogen and oxygen atoms in total. The molecule has 9 heteroatoms. The van der Waals surface area contributed by atoms with Gasteiger partial charge < -0.3 is 5.11 Å². The van der Waals surface area contributed by atoms with Crippen LogP contribution in [0.5, 0.6) is 0 Å². The number of halogens is 3. The lowest BCUT2D eigenvalue weighted by molar-refractivity contribution is 0.0163. The molecule has 0 saturated heterocycles. The first-order valence-electron chi connectivity index (χ1n) is 8.43. The second-order valence-electron chi connectivity index (χ2n) is 7.02. The number of hydrogen-bond donors (Lipinski definition) is 2. The largest absolute Gasteiger partial charge is 0.390 e. The molecule has 0 spiro atoms. The van der Waals surface area contributed by atoms with Gasteiger partial charge in [-0.2, -0.15) is 0 Å². The predicted octanol–water partition coefficient (Wildman–Crippen LogP) is 4.17. The van der Waals surface area contributed by atoms with E-state index < -0.39 is 21.4 Å². The number of nitrogens with one attached hydrogen (secondary N) is 1. The number of pyridine rings is 1. The van der Waals surface area contributed by atoms with E-state index in [-0.39, 0.29) is 27.2 Å². The normalized spacial score (nSPS) is 23.4. The Labute approximate surface area is 167 Å². The average molecular weight is 433 g/mol. The van der Waals surface area contributed by atoms with E-state index in [2.05, 4.69) is 9.71 Å². The van der Waals surface area contributed by atoms with Crippen molar-refractivity contribution in [2.75, 3.05) is 0 Å². The summed E-state index contributed by atoms with van der Waals surface area (Å²) in [6, 6.07) is 4.74. The third-order valence-corrected chi connectivity index (χ3v) is 6.71. The summed E-state index contributed by atoms with van der Waals surface area (Å²) in [5, 5.41) is 10.5. The highest BCUT2D eigenvalue weighted by Crippen LogP contribution is 2.32. The van der Waals surface area contributed by atoms with Crippen molar-refractivity contribution in [3.63, 3.8) is 0 Å². The average Bonchev–Trinajstić information content (AvgIpc) is 2.57. The summed E-state index contributed by atoms with van der Waals surface area (Å²) < 4.78 is 42.3. The summed E-state index contributed by atoms with van der Waals surface area (Å²) in [5.74, 6) is -0.749. The van der Waals surface area contributed by atoms with Gasteiger partial charge in [0.1, 0.15) is 5.82 Å². The van der Waals surface area contributed by atoms with Crippen LogP contribution in [0.4, 0.5) is 4.39 Å². The molecule has 3 rings (SSSR count). The van der Waals surface area contributed by atoms with Crippen LogP contribution >= 0.6 is 23.2 Å². The summed E-state index contributed by atoms with van der Waals surface area (Å²) in [7, 11) is -3.88. The van der Waals surface area contributed by atoms with Gasteiger partial charge in [-0.1, -0.05) is 23.2 Å². The third-order valence-electron chi connectivity index (χ3n) is 4.70. The third kappa shape index (κ3) is 4.78. The molecule has 1 heterocycles. The second kappa shape index (κ2) is 7.64. The monoisotopic (exact) mass is 432 g/mol. The maximum absolute atomic E-state index is 14.6. The number of benzene rings is 1. The van der Waals surface area contributed by atoms with E-state index >= 15 is 0 Å². The van der Waals surface area contributed by atoms with Crippen LogP contribution in [0.1, 0.15) is 32.6 Å².